The van der Waals surface area contributed by atoms with Gasteiger partial charge in [-0.1, -0.05) is 31.5 Å². The van der Waals surface area contributed by atoms with Crippen molar-refractivity contribution < 1.29 is 9.53 Å². The molecule has 4 heteroatoms. The summed E-state index contributed by atoms with van der Waals surface area (Å²) in [5.41, 5.74) is 0. The zero-order valence-corrected chi connectivity index (χ0v) is 11.8. The van der Waals surface area contributed by atoms with Crippen molar-refractivity contribution in [1.82, 2.24) is 5.32 Å². The van der Waals surface area contributed by atoms with Gasteiger partial charge in [-0.15, -0.1) is 0 Å². The zero-order valence-electron chi connectivity index (χ0n) is 11.1. The summed E-state index contributed by atoms with van der Waals surface area (Å²) in [4.78, 5) is 11.9. The van der Waals surface area contributed by atoms with E-state index in [1.807, 2.05) is 0 Å². The number of hydrogen-bond donors (Lipinski definition) is 1. The number of nitrogens with one attached hydrogen (secondary N) is 1. The molecule has 0 saturated heterocycles. The molecule has 1 atom stereocenters. The smallest absolute Gasteiger partial charge is 0.260 e. The lowest BCUT2D eigenvalue weighted by Gasteiger charge is -2.19. The lowest BCUT2D eigenvalue weighted by molar-refractivity contribution is -0.128. The van der Waals surface area contributed by atoms with E-state index >= 15 is 0 Å². The Morgan fingerprint density at radius 2 is 2.06 bits per heavy atom. The van der Waals surface area contributed by atoms with E-state index in [0.29, 0.717) is 10.8 Å². The summed E-state index contributed by atoms with van der Waals surface area (Å²) in [7, 11) is 0. The molecular formula is C14H20ClNO2. The van der Waals surface area contributed by atoms with Gasteiger partial charge in [0.05, 0.1) is 0 Å². The normalized spacial score (nSPS) is 12.3. The van der Waals surface area contributed by atoms with Crippen LogP contribution in [0.5, 0.6) is 5.75 Å². The number of carbonyl (C=O) groups is 1. The summed E-state index contributed by atoms with van der Waals surface area (Å²) in [5.74, 6) is 0.512. The minimum Gasteiger partial charge on any atom is -0.481 e. The van der Waals surface area contributed by atoms with E-state index in [4.69, 9.17) is 16.3 Å². The first-order valence-electron chi connectivity index (χ1n) is 6.29. The van der Waals surface area contributed by atoms with E-state index in [1.165, 1.54) is 0 Å². The average molecular weight is 270 g/mol. The lowest BCUT2D eigenvalue weighted by atomic mass is 10.1. The molecule has 0 bridgehead atoms. The van der Waals surface area contributed by atoms with Crippen LogP contribution < -0.4 is 10.1 Å². The lowest BCUT2D eigenvalue weighted by Crippen LogP contribution is -2.42. The van der Waals surface area contributed by atoms with Gasteiger partial charge >= 0.3 is 0 Å². The first-order chi connectivity index (χ1) is 8.56. The highest BCUT2D eigenvalue weighted by atomic mass is 35.5. The second kappa shape index (κ2) is 7.27. The van der Waals surface area contributed by atoms with Gasteiger partial charge in [0.15, 0.2) is 6.10 Å². The molecule has 3 nitrogen and oxygen atoms in total. The second-order valence-electron chi connectivity index (χ2n) is 4.24. The average Bonchev–Trinajstić information content (AvgIpc) is 2.35. The Morgan fingerprint density at radius 1 is 1.39 bits per heavy atom. The topological polar surface area (TPSA) is 38.3 Å². The van der Waals surface area contributed by atoms with Crippen LogP contribution in [0.4, 0.5) is 0 Å². The third-order valence-corrected chi connectivity index (χ3v) is 3.05. The molecule has 0 aliphatic carbocycles. The first kappa shape index (κ1) is 14.8. The zero-order chi connectivity index (χ0) is 13.5. The maximum absolute atomic E-state index is 11.9. The van der Waals surface area contributed by atoms with Gasteiger partial charge in [-0.2, -0.15) is 0 Å². The fourth-order valence-corrected chi connectivity index (χ4v) is 1.79. The molecule has 1 aromatic rings. The fraction of sp³-hybridized carbons (Fsp3) is 0.500. The summed E-state index contributed by atoms with van der Waals surface area (Å²) in [5, 5.41) is 3.55. The van der Waals surface area contributed by atoms with Crippen LogP contribution in [0, 0.1) is 0 Å². The molecule has 0 saturated carbocycles. The molecule has 0 fully saturated rings. The number of amides is 1. The molecular weight excluding hydrogens is 250 g/mol. The van der Waals surface area contributed by atoms with Gasteiger partial charge in [-0.3, -0.25) is 4.79 Å². The SMILES string of the molecule is CCC(CC)NC(=O)[C@@H](C)Oc1cccc(Cl)c1. The summed E-state index contributed by atoms with van der Waals surface area (Å²) in [6.45, 7) is 5.84. The Morgan fingerprint density at radius 3 is 2.61 bits per heavy atom. The Hall–Kier alpha value is -1.22. The van der Waals surface area contributed by atoms with Gasteiger partial charge in [0, 0.05) is 11.1 Å². The van der Waals surface area contributed by atoms with E-state index in [0.717, 1.165) is 12.8 Å². The predicted molar refractivity (Wildman–Crippen MR) is 74.1 cm³/mol. The Bertz CT molecular complexity index is 391. The highest BCUT2D eigenvalue weighted by molar-refractivity contribution is 6.30. The van der Waals surface area contributed by atoms with Crippen LogP contribution in [0.15, 0.2) is 24.3 Å². The van der Waals surface area contributed by atoms with Gasteiger partial charge in [0.25, 0.3) is 5.91 Å². The summed E-state index contributed by atoms with van der Waals surface area (Å²) < 4.78 is 5.55. The van der Waals surface area contributed by atoms with Gasteiger partial charge < -0.3 is 10.1 Å². The molecule has 1 N–H and O–H groups in total. The molecule has 0 unspecified atom stereocenters. The van der Waals surface area contributed by atoms with Gasteiger partial charge in [-0.25, -0.2) is 0 Å². The van der Waals surface area contributed by atoms with Crippen LogP contribution in [0.2, 0.25) is 5.02 Å². The van der Waals surface area contributed by atoms with Crippen LogP contribution in [-0.2, 0) is 4.79 Å². The van der Waals surface area contributed by atoms with Crippen molar-refractivity contribution in [1.29, 1.82) is 0 Å². The molecule has 0 aliphatic rings. The number of carbonyl (C=O) groups excluding carboxylic acids is 1. The van der Waals surface area contributed by atoms with Crippen molar-refractivity contribution in [2.24, 2.45) is 0 Å². The summed E-state index contributed by atoms with van der Waals surface area (Å²) in [6.07, 6.45) is 1.32. The molecule has 0 radical (unpaired) electrons. The molecule has 1 aromatic carbocycles. The van der Waals surface area contributed by atoms with Crippen LogP contribution in [0.25, 0.3) is 0 Å². The maximum atomic E-state index is 11.9. The molecule has 0 spiro atoms. The van der Waals surface area contributed by atoms with Crippen LogP contribution in [0.1, 0.15) is 33.6 Å². The highest BCUT2D eigenvalue weighted by Gasteiger charge is 2.17. The minimum atomic E-state index is -0.524. The van der Waals surface area contributed by atoms with Crippen molar-refractivity contribution in [3.05, 3.63) is 29.3 Å². The standard InChI is InChI=1S/C14H20ClNO2/c1-4-12(5-2)16-14(17)10(3)18-13-8-6-7-11(15)9-13/h6-10,12H,4-5H2,1-3H3,(H,16,17)/t10-/m1/s1. The fourth-order valence-electron chi connectivity index (χ4n) is 1.61. The molecule has 0 aromatic heterocycles. The summed E-state index contributed by atoms with van der Waals surface area (Å²) >= 11 is 5.86. The maximum Gasteiger partial charge on any atom is 0.260 e. The number of halogens is 1. The third-order valence-electron chi connectivity index (χ3n) is 2.81. The second-order valence-corrected chi connectivity index (χ2v) is 4.68. The first-order valence-corrected chi connectivity index (χ1v) is 6.67. The van der Waals surface area contributed by atoms with Crippen molar-refractivity contribution in [2.45, 2.75) is 45.8 Å². The Labute approximate surface area is 113 Å². The number of hydrogen-bond acceptors (Lipinski definition) is 2. The minimum absolute atomic E-state index is 0.0938. The van der Waals surface area contributed by atoms with Crippen molar-refractivity contribution in [3.8, 4) is 5.75 Å². The van der Waals surface area contributed by atoms with E-state index in [9.17, 15) is 4.79 Å². The summed E-state index contributed by atoms with van der Waals surface area (Å²) in [6, 6.07) is 7.25. The quantitative estimate of drug-likeness (QED) is 0.859. The van der Waals surface area contributed by atoms with Crippen LogP contribution in [-0.4, -0.2) is 18.1 Å². The van der Waals surface area contributed by atoms with Gasteiger partial charge in [0.2, 0.25) is 0 Å². The van der Waals surface area contributed by atoms with Crippen LogP contribution >= 0.6 is 11.6 Å². The molecule has 1 amide bonds. The molecule has 0 aliphatic heterocycles. The molecule has 18 heavy (non-hydrogen) atoms. The number of ether oxygens (including phenoxy) is 1. The van der Waals surface area contributed by atoms with Crippen molar-refractivity contribution in [3.63, 3.8) is 0 Å². The van der Waals surface area contributed by atoms with Crippen molar-refractivity contribution in [2.75, 3.05) is 0 Å². The Balaban J connectivity index is 2.54. The van der Waals surface area contributed by atoms with Gasteiger partial charge in [0.1, 0.15) is 5.75 Å². The number of benzene rings is 1. The van der Waals surface area contributed by atoms with Gasteiger partial charge in [-0.05, 0) is 38.0 Å². The predicted octanol–water partition coefficient (Wildman–Crippen LogP) is 3.41. The monoisotopic (exact) mass is 269 g/mol. The number of rotatable bonds is 6. The largest absolute Gasteiger partial charge is 0.481 e. The van der Waals surface area contributed by atoms with E-state index in [-0.39, 0.29) is 11.9 Å². The highest BCUT2D eigenvalue weighted by Crippen LogP contribution is 2.18. The Kier molecular flexibility index (Phi) is 5.99. The van der Waals surface area contributed by atoms with E-state index in [2.05, 4.69) is 19.2 Å². The molecule has 100 valence electrons. The third kappa shape index (κ3) is 4.57. The molecule has 1 rings (SSSR count). The van der Waals surface area contributed by atoms with E-state index in [1.54, 1.807) is 31.2 Å². The van der Waals surface area contributed by atoms with Crippen LogP contribution in [0.3, 0.4) is 0 Å². The van der Waals surface area contributed by atoms with E-state index < -0.39 is 6.10 Å². The van der Waals surface area contributed by atoms with Crippen molar-refractivity contribution >= 4 is 17.5 Å². The molecule has 0 heterocycles.